The molecule has 158 valence electrons. The molecule has 1 aliphatic heterocycles. The van der Waals surface area contributed by atoms with Crippen molar-refractivity contribution in [1.29, 1.82) is 0 Å². The van der Waals surface area contributed by atoms with E-state index in [1.165, 1.54) is 25.1 Å². The molecule has 0 amide bonds. The number of phenols is 2. The van der Waals surface area contributed by atoms with Crippen LogP contribution in [-0.4, -0.2) is 55.5 Å². The van der Waals surface area contributed by atoms with Crippen molar-refractivity contribution in [1.82, 2.24) is 0 Å². The lowest BCUT2D eigenvalue weighted by Gasteiger charge is -2.43. The molecule has 0 saturated heterocycles. The Labute approximate surface area is 171 Å². The van der Waals surface area contributed by atoms with Crippen molar-refractivity contribution in [2.45, 2.75) is 38.3 Å². The number of carbonyl (C=O) groups excluding carboxylic acids is 3. The lowest BCUT2D eigenvalue weighted by molar-refractivity contribution is -0.201. The summed E-state index contributed by atoms with van der Waals surface area (Å²) in [6, 6.07) is 2.08. The van der Waals surface area contributed by atoms with E-state index in [1.54, 1.807) is 13.0 Å². The molecule has 0 saturated carbocycles. The van der Waals surface area contributed by atoms with Crippen molar-refractivity contribution < 1.29 is 44.3 Å². The van der Waals surface area contributed by atoms with Crippen molar-refractivity contribution >= 4 is 17.5 Å². The van der Waals surface area contributed by atoms with Gasteiger partial charge in [-0.3, -0.25) is 9.59 Å². The van der Waals surface area contributed by atoms with Crippen molar-refractivity contribution in [2.24, 2.45) is 0 Å². The number of aromatic hydroxyl groups is 2. The minimum absolute atomic E-state index is 0.117. The van der Waals surface area contributed by atoms with Gasteiger partial charge in [0.15, 0.2) is 0 Å². The number of Topliss-reactive ketones (excluding diaryl/α,β-unsaturated/α-hetero) is 1. The molecule has 3 atom stereocenters. The maximum Gasteiger partial charge on any atom is 0.343 e. The van der Waals surface area contributed by atoms with Gasteiger partial charge in [-0.25, -0.2) is 4.79 Å². The van der Waals surface area contributed by atoms with Crippen LogP contribution in [0.2, 0.25) is 0 Å². The van der Waals surface area contributed by atoms with Crippen LogP contribution in [0, 0.1) is 6.92 Å². The summed E-state index contributed by atoms with van der Waals surface area (Å²) in [6.45, 7) is 4.06. The Morgan fingerprint density at radius 3 is 2.50 bits per heavy atom. The Balaban J connectivity index is 2.04. The quantitative estimate of drug-likeness (QED) is 0.417. The molecular weight excluding hydrogens is 396 g/mol. The topological polar surface area (TPSA) is 151 Å². The second kappa shape index (κ2) is 7.12. The molecule has 0 spiro atoms. The molecule has 9 heteroatoms. The van der Waals surface area contributed by atoms with E-state index in [9.17, 15) is 34.8 Å². The molecule has 1 aromatic carbocycles. The van der Waals surface area contributed by atoms with Gasteiger partial charge < -0.3 is 29.9 Å². The summed E-state index contributed by atoms with van der Waals surface area (Å²) in [5, 5.41) is 40.7. The third kappa shape index (κ3) is 3.08. The molecule has 0 aromatic heterocycles. The number of allylic oxidation sites excluding steroid dienone is 2. The molecule has 30 heavy (non-hydrogen) atoms. The van der Waals surface area contributed by atoms with E-state index in [-0.39, 0.29) is 28.2 Å². The highest BCUT2D eigenvalue weighted by molar-refractivity contribution is 6.23. The monoisotopic (exact) mass is 416 g/mol. The molecule has 9 nitrogen and oxygen atoms in total. The van der Waals surface area contributed by atoms with Gasteiger partial charge in [0.05, 0.1) is 0 Å². The van der Waals surface area contributed by atoms with Gasteiger partial charge in [-0.05, 0) is 50.6 Å². The molecule has 1 heterocycles. The van der Waals surface area contributed by atoms with Gasteiger partial charge in [0.25, 0.3) is 0 Å². The van der Waals surface area contributed by atoms with Crippen LogP contribution in [0.4, 0.5) is 0 Å². The number of ether oxygens (including phenoxy) is 2. The third-order valence-electron chi connectivity index (χ3n) is 5.01. The summed E-state index contributed by atoms with van der Waals surface area (Å²) >= 11 is 0. The van der Waals surface area contributed by atoms with Crippen LogP contribution < -0.4 is 0 Å². The lowest BCUT2D eigenvalue weighted by Crippen LogP contribution is -2.66. The average Bonchev–Trinajstić information content (AvgIpc) is 2.63. The Morgan fingerprint density at radius 1 is 1.23 bits per heavy atom. The number of rotatable bonds is 3. The van der Waals surface area contributed by atoms with Gasteiger partial charge in [0, 0.05) is 11.6 Å². The highest BCUT2D eigenvalue weighted by atomic mass is 16.6. The SMILES string of the molecule is CC=CC1=CC2=CC(=O)C(C)(OC(=O)c3c(C)cc(O)cc3O)C(=O)C2(O)C(O)O1. The zero-order chi connectivity index (χ0) is 22.4. The summed E-state index contributed by atoms with van der Waals surface area (Å²) in [5.41, 5.74) is -5.59. The fourth-order valence-corrected chi connectivity index (χ4v) is 3.40. The second-order valence-electron chi connectivity index (χ2n) is 7.16. The highest BCUT2D eigenvalue weighted by Gasteiger charge is 2.63. The van der Waals surface area contributed by atoms with E-state index in [0.29, 0.717) is 0 Å². The van der Waals surface area contributed by atoms with Crippen LogP contribution >= 0.6 is 0 Å². The molecule has 0 radical (unpaired) electrons. The number of hydrogen-bond acceptors (Lipinski definition) is 9. The molecule has 1 aliphatic carbocycles. The first-order valence-corrected chi connectivity index (χ1v) is 8.94. The summed E-state index contributed by atoms with van der Waals surface area (Å²) in [4.78, 5) is 38.5. The number of esters is 1. The van der Waals surface area contributed by atoms with Crippen LogP contribution in [0.5, 0.6) is 11.5 Å². The van der Waals surface area contributed by atoms with Gasteiger partial charge in [0.2, 0.25) is 29.1 Å². The first kappa shape index (κ1) is 21.3. The van der Waals surface area contributed by atoms with Crippen LogP contribution in [0.25, 0.3) is 0 Å². The first-order chi connectivity index (χ1) is 13.9. The number of carbonyl (C=O) groups is 3. The van der Waals surface area contributed by atoms with Crippen molar-refractivity contribution in [3.63, 3.8) is 0 Å². The number of fused-ring (bicyclic) bond motifs is 1. The number of phenolic OH excluding ortho intramolecular Hbond substituents is 2. The summed E-state index contributed by atoms with van der Waals surface area (Å²) in [5.74, 6) is -4.28. The standard InChI is InChI=1S/C21H20O9/c1-4-5-13-7-11-8-15(24)20(3,18(26)21(11,28)19(27)29-13)30-17(25)16-10(2)6-12(22)9-14(16)23/h4-9,19,22-23,27-28H,1-3H3. The normalized spacial score (nSPS) is 28.5. The second-order valence-corrected chi connectivity index (χ2v) is 7.16. The number of aryl methyl sites for hydroxylation is 1. The van der Waals surface area contributed by atoms with E-state index in [4.69, 9.17) is 9.47 Å². The zero-order valence-corrected chi connectivity index (χ0v) is 16.4. The molecular formula is C21H20O9. The number of aliphatic hydroxyl groups is 2. The predicted octanol–water partition coefficient (Wildman–Crippen LogP) is 0.940. The van der Waals surface area contributed by atoms with Crippen LogP contribution in [0.15, 0.2) is 47.8 Å². The molecule has 2 aliphatic rings. The fourth-order valence-electron chi connectivity index (χ4n) is 3.40. The van der Waals surface area contributed by atoms with Gasteiger partial charge in [0.1, 0.15) is 22.8 Å². The maximum absolute atomic E-state index is 13.1. The minimum atomic E-state index is -2.65. The van der Waals surface area contributed by atoms with E-state index >= 15 is 0 Å². The zero-order valence-electron chi connectivity index (χ0n) is 16.4. The third-order valence-corrected chi connectivity index (χ3v) is 5.01. The fraction of sp³-hybridized carbons (Fsp3) is 0.286. The summed E-state index contributed by atoms with van der Waals surface area (Å²) < 4.78 is 10.3. The lowest BCUT2D eigenvalue weighted by atomic mass is 9.72. The predicted molar refractivity (Wildman–Crippen MR) is 101 cm³/mol. The Hall–Kier alpha value is -3.43. The van der Waals surface area contributed by atoms with Crippen molar-refractivity contribution in [2.75, 3.05) is 0 Å². The molecule has 0 bridgehead atoms. The van der Waals surface area contributed by atoms with E-state index < -0.39 is 40.8 Å². The first-order valence-electron chi connectivity index (χ1n) is 8.94. The van der Waals surface area contributed by atoms with Gasteiger partial charge in [-0.1, -0.05) is 6.08 Å². The smallest absolute Gasteiger partial charge is 0.343 e. The van der Waals surface area contributed by atoms with Crippen molar-refractivity contribution in [3.05, 3.63) is 58.9 Å². The molecule has 0 fully saturated rings. The summed E-state index contributed by atoms with van der Waals surface area (Å²) in [7, 11) is 0. The van der Waals surface area contributed by atoms with E-state index in [1.807, 2.05) is 0 Å². The number of ketones is 2. The minimum Gasteiger partial charge on any atom is -0.508 e. The Morgan fingerprint density at radius 2 is 1.90 bits per heavy atom. The number of benzene rings is 1. The van der Waals surface area contributed by atoms with Gasteiger partial charge >= 0.3 is 5.97 Å². The van der Waals surface area contributed by atoms with Crippen molar-refractivity contribution in [3.8, 4) is 11.5 Å². The number of hydrogen-bond donors (Lipinski definition) is 4. The van der Waals surface area contributed by atoms with Crippen LogP contribution in [0.1, 0.15) is 29.8 Å². The Bertz CT molecular complexity index is 1030. The largest absolute Gasteiger partial charge is 0.508 e. The highest BCUT2D eigenvalue weighted by Crippen LogP contribution is 2.41. The van der Waals surface area contributed by atoms with Gasteiger partial charge in [-0.2, -0.15) is 0 Å². The summed E-state index contributed by atoms with van der Waals surface area (Å²) in [6.07, 6.45) is 3.12. The van der Waals surface area contributed by atoms with Crippen LogP contribution in [0.3, 0.4) is 0 Å². The Kier molecular flexibility index (Phi) is 5.05. The molecule has 3 unspecified atom stereocenters. The molecule has 3 rings (SSSR count). The molecule has 1 aromatic rings. The average molecular weight is 416 g/mol. The number of aliphatic hydroxyl groups excluding tert-OH is 1. The van der Waals surface area contributed by atoms with E-state index in [2.05, 4.69) is 0 Å². The van der Waals surface area contributed by atoms with E-state index in [0.717, 1.165) is 19.1 Å². The van der Waals surface area contributed by atoms with Gasteiger partial charge in [-0.15, -0.1) is 0 Å². The van der Waals surface area contributed by atoms with Crippen LogP contribution in [-0.2, 0) is 19.1 Å². The molecule has 4 N–H and O–H groups in total. The maximum atomic E-state index is 13.1.